The molecule has 0 amide bonds. The molecular weight excluding hydrogens is 415 g/mol. The third kappa shape index (κ3) is 3.50. The van der Waals surface area contributed by atoms with Crippen LogP contribution in [0.1, 0.15) is 17.3 Å². The predicted molar refractivity (Wildman–Crippen MR) is 103 cm³/mol. The van der Waals surface area contributed by atoms with E-state index >= 15 is 0 Å². The van der Waals surface area contributed by atoms with Crippen molar-refractivity contribution in [2.75, 3.05) is 18.0 Å². The summed E-state index contributed by atoms with van der Waals surface area (Å²) in [6, 6.07) is 4.40. The summed E-state index contributed by atoms with van der Waals surface area (Å²) in [5, 5.41) is 1.99. The van der Waals surface area contributed by atoms with Crippen LogP contribution in [-0.2, 0) is 14.8 Å². The van der Waals surface area contributed by atoms with Crippen molar-refractivity contribution in [2.24, 2.45) is 0 Å². The van der Waals surface area contributed by atoms with Crippen LogP contribution in [0.25, 0.3) is 10.9 Å². The van der Waals surface area contributed by atoms with Gasteiger partial charge in [-0.15, -0.1) is 11.3 Å². The number of nitrogens with zero attached hydrogens (tertiary/aromatic N) is 2. The van der Waals surface area contributed by atoms with Gasteiger partial charge in [-0.2, -0.15) is 0 Å². The topological polar surface area (TPSA) is 76.6 Å². The minimum Gasteiger partial charge on any atom is -0.462 e. The number of halogens is 2. The third-order valence-electron chi connectivity index (χ3n) is 3.83. The van der Waals surface area contributed by atoms with Crippen LogP contribution >= 0.6 is 22.9 Å². The van der Waals surface area contributed by atoms with E-state index in [2.05, 4.69) is 4.98 Å². The summed E-state index contributed by atoms with van der Waals surface area (Å²) in [6.07, 6.45) is 1.26. The highest BCUT2D eigenvalue weighted by atomic mass is 35.5. The van der Waals surface area contributed by atoms with Crippen LogP contribution in [0.5, 0.6) is 0 Å². The van der Waals surface area contributed by atoms with Crippen molar-refractivity contribution in [1.29, 1.82) is 0 Å². The summed E-state index contributed by atoms with van der Waals surface area (Å²) in [7, 11) is -2.79. The van der Waals surface area contributed by atoms with E-state index in [-0.39, 0.29) is 22.8 Å². The Balaban J connectivity index is 2.24. The van der Waals surface area contributed by atoms with Gasteiger partial charge in [0.1, 0.15) is 15.7 Å². The van der Waals surface area contributed by atoms with Gasteiger partial charge in [-0.25, -0.2) is 17.6 Å². The summed E-state index contributed by atoms with van der Waals surface area (Å²) in [5.74, 6) is -1.28. The van der Waals surface area contributed by atoms with Gasteiger partial charge < -0.3 is 4.74 Å². The molecule has 0 radical (unpaired) electrons. The van der Waals surface area contributed by atoms with E-state index in [1.807, 2.05) is 0 Å². The molecule has 2 heterocycles. The fourth-order valence-corrected chi connectivity index (χ4v) is 4.79. The maximum Gasteiger partial charge on any atom is 0.341 e. The van der Waals surface area contributed by atoms with Gasteiger partial charge in [0.15, 0.2) is 0 Å². The van der Waals surface area contributed by atoms with Crippen LogP contribution in [0.2, 0.25) is 4.34 Å². The monoisotopic (exact) mass is 428 g/mol. The Morgan fingerprint density at radius 2 is 2.00 bits per heavy atom. The summed E-state index contributed by atoms with van der Waals surface area (Å²) in [6.45, 7) is 1.75. The van der Waals surface area contributed by atoms with Gasteiger partial charge in [-0.3, -0.25) is 9.29 Å². The van der Waals surface area contributed by atoms with E-state index < -0.39 is 21.8 Å². The van der Waals surface area contributed by atoms with Crippen molar-refractivity contribution in [1.82, 2.24) is 4.98 Å². The lowest BCUT2D eigenvalue weighted by Crippen LogP contribution is -2.29. The number of rotatable bonds is 5. The van der Waals surface area contributed by atoms with Crippen LogP contribution in [0.15, 0.2) is 40.7 Å². The maximum atomic E-state index is 13.2. The molecule has 0 bridgehead atoms. The van der Waals surface area contributed by atoms with Crippen LogP contribution < -0.4 is 4.31 Å². The van der Waals surface area contributed by atoms with Crippen LogP contribution in [-0.4, -0.2) is 33.0 Å². The standard InChI is InChI=1S/C17H14ClFN2O4S2/c1-3-25-17(22)12-8-20-13-9-26-16(18)14(13)15(12)21(2)27(23,24)11-6-4-10(19)5-7-11/h4-9H,3H2,1-2H3. The Morgan fingerprint density at radius 1 is 1.33 bits per heavy atom. The van der Waals surface area contributed by atoms with Crippen LogP contribution in [0.4, 0.5) is 10.1 Å². The number of hydrogen-bond acceptors (Lipinski definition) is 6. The molecule has 2 aromatic heterocycles. The van der Waals surface area contributed by atoms with E-state index in [1.165, 1.54) is 24.6 Å². The lowest BCUT2D eigenvalue weighted by molar-refractivity contribution is 0.0527. The summed E-state index contributed by atoms with van der Waals surface area (Å²) < 4.78 is 45.5. The molecule has 0 fully saturated rings. The summed E-state index contributed by atoms with van der Waals surface area (Å²) >= 11 is 7.42. The van der Waals surface area contributed by atoms with Gasteiger partial charge in [0, 0.05) is 18.6 Å². The highest BCUT2D eigenvalue weighted by molar-refractivity contribution is 7.92. The zero-order chi connectivity index (χ0) is 19.8. The number of carbonyl (C=O) groups is 1. The lowest BCUT2D eigenvalue weighted by Gasteiger charge is -2.22. The number of benzene rings is 1. The average molecular weight is 429 g/mol. The van der Waals surface area contributed by atoms with E-state index in [9.17, 15) is 17.6 Å². The molecule has 3 rings (SSSR count). The Bertz CT molecular complexity index is 1110. The Morgan fingerprint density at radius 3 is 2.63 bits per heavy atom. The average Bonchev–Trinajstić information content (AvgIpc) is 3.02. The van der Waals surface area contributed by atoms with Crippen LogP contribution in [0.3, 0.4) is 0 Å². The molecule has 0 N–H and O–H groups in total. The number of pyridine rings is 1. The molecule has 0 spiro atoms. The lowest BCUT2D eigenvalue weighted by atomic mass is 10.1. The molecule has 27 heavy (non-hydrogen) atoms. The minimum absolute atomic E-state index is 0.0298. The van der Waals surface area contributed by atoms with Crippen molar-refractivity contribution >= 4 is 55.5 Å². The number of hydrogen-bond donors (Lipinski definition) is 0. The van der Waals surface area contributed by atoms with E-state index in [0.29, 0.717) is 15.2 Å². The number of anilines is 1. The molecule has 10 heteroatoms. The molecular formula is C17H14ClFN2O4S2. The predicted octanol–water partition coefficient (Wildman–Crippen LogP) is 4.09. The van der Waals surface area contributed by atoms with Crippen molar-refractivity contribution in [2.45, 2.75) is 11.8 Å². The first kappa shape index (κ1) is 19.5. The fraction of sp³-hybridized carbons (Fsp3) is 0.176. The second-order valence-electron chi connectivity index (χ2n) is 5.44. The molecule has 0 saturated heterocycles. The van der Waals surface area contributed by atoms with E-state index in [1.54, 1.807) is 12.3 Å². The van der Waals surface area contributed by atoms with Gasteiger partial charge in [-0.1, -0.05) is 11.6 Å². The number of sulfonamides is 1. The Kier molecular flexibility index (Phi) is 5.36. The van der Waals surface area contributed by atoms with Gasteiger partial charge in [0.05, 0.1) is 28.1 Å². The highest BCUT2D eigenvalue weighted by Crippen LogP contribution is 2.40. The first-order valence-corrected chi connectivity index (χ1v) is 10.4. The second-order valence-corrected chi connectivity index (χ2v) is 8.89. The largest absolute Gasteiger partial charge is 0.462 e. The van der Waals surface area contributed by atoms with Gasteiger partial charge in [0.2, 0.25) is 0 Å². The molecule has 0 atom stereocenters. The third-order valence-corrected chi connectivity index (χ3v) is 6.81. The summed E-state index contributed by atoms with van der Waals surface area (Å²) in [4.78, 5) is 16.4. The molecule has 0 aliphatic heterocycles. The molecule has 142 valence electrons. The normalized spacial score (nSPS) is 11.6. The number of carbonyl (C=O) groups excluding carboxylic acids is 1. The number of ether oxygens (including phenoxy) is 1. The fourth-order valence-electron chi connectivity index (χ4n) is 2.54. The molecule has 0 aliphatic rings. The smallest absolute Gasteiger partial charge is 0.341 e. The van der Waals surface area contributed by atoms with E-state index in [0.717, 1.165) is 28.6 Å². The zero-order valence-electron chi connectivity index (χ0n) is 14.3. The summed E-state index contributed by atoms with van der Waals surface area (Å²) in [5.41, 5.74) is 0.487. The number of fused-ring (bicyclic) bond motifs is 1. The second kappa shape index (κ2) is 7.41. The number of aromatic nitrogens is 1. The Hall–Kier alpha value is -2.23. The first-order valence-electron chi connectivity index (χ1n) is 7.74. The van der Waals surface area contributed by atoms with Gasteiger partial charge in [-0.05, 0) is 31.2 Å². The zero-order valence-corrected chi connectivity index (χ0v) is 16.7. The van der Waals surface area contributed by atoms with Crippen molar-refractivity contribution in [3.63, 3.8) is 0 Å². The minimum atomic E-state index is -4.09. The molecule has 0 unspecified atom stereocenters. The van der Waals surface area contributed by atoms with Crippen LogP contribution in [0, 0.1) is 5.82 Å². The number of esters is 1. The van der Waals surface area contributed by atoms with Gasteiger partial charge in [0.25, 0.3) is 10.0 Å². The first-order chi connectivity index (χ1) is 12.8. The molecule has 3 aromatic rings. The maximum absolute atomic E-state index is 13.2. The number of thiophene rings is 1. The SMILES string of the molecule is CCOC(=O)c1cnc2csc(Cl)c2c1N(C)S(=O)(=O)c1ccc(F)cc1. The Labute approximate surface area is 164 Å². The molecule has 6 nitrogen and oxygen atoms in total. The van der Waals surface area contributed by atoms with Crippen molar-refractivity contribution in [3.05, 3.63) is 51.6 Å². The van der Waals surface area contributed by atoms with Crippen molar-refractivity contribution in [3.8, 4) is 0 Å². The van der Waals surface area contributed by atoms with Gasteiger partial charge >= 0.3 is 5.97 Å². The quantitative estimate of drug-likeness (QED) is 0.572. The van der Waals surface area contributed by atoms with Crippen molar-refractivity contribution < 1.29 is 22.3 Å². The molecule has 1 aromatic carbocycles. The highest BCUT2D eigenvalue weighted by Gasteiger charge is 2.29. The van der Waals surface area contributed by atoms with E-state index in [4.69, 9.17) is 16.3 Å². The molecule has 0 aliphatic carbocycles. The molecule has 0 saturated carbocycles.